The van der Waals surface area contributed by atoms with E-state index < -0.39 is 0 Å². The lowest BCUT2D eigenvalue weighted by Crippen LogP contribution is -2.19. The smallest absolute Gasteiger partial charge is 0.160 e. The lowest BCUT2D eigenvalue weighted by atomic mass is 9.99. The molecule has 0 spiro atoms. The molecular weight excluding hydrogens is 250 g/mol. The van der Waals surface area contributed by atoms with Crippen LogP contribution in [0.4, 0.5) is 0 Å². The van der Waals surface area contributed by atoms with E-state index in [9.17, 15) is 0 Å². The Morgan fingerprint density at radius 2 is 1.90 bits per heavy atom. The number of imidazole rings is 1. The number of rotatable bonds is 2. The van der Waals surface area contributed by atoms with Crippen molar-refractivity contribution in [3.63, 3.8) is 0 Å². The van der Waals surface area contributed by atoms with Gasteiger partial charge in [0.15, 0.2) is 5.65 Å². The summed E-state index contributed by atoms with van der Waals surface area (Å²) in [5.41, 5.74) is 2.14. The van der Waals surface area contributed by atoms with Crippen LogP contribution in [0.15, 0.2) is 18.3 Å². The van der Waals surface area contributed by atoms with Gasteiger partial charge in [0, 0.05) is 31.4 Å². The molecule has 0 N–H and O–H groups in total. The molecule has 2 aromatic rings. The second-order valence-corrected chi connectivity index (χ2v) is 6.01. The fourth-order valence-corrected chi connectivity index (χ4v) is 3.71. The Bertz CT molecular complexity index is 595. The number of fused-ring (bicyclic) bond motifs is 1. The molecule has 2 fully saturated rings. The lowest BCUT2D eigenvalue weighted by Gasteiger charge is -2.24. The predicted molar refractivity (Wildman–Crippen MR) is 77.8 cm³/mol. The van der Waals surface area contributed by atoms with Crippen molar-refractivity contribution in [2.24, 2.45) is 0 Å². The topological polar surface area (TPSA) is 39.9 Å². The van der Waals surface area contributed by atoms with E-state index in [4.69, 9.17) is 9.72 Å². The molecule has 1 aliphatic carbocycles. The molecule has 0 bridgehead atoms. The number of ether oxygens (including phenoxy) is 1. The predicted octanol–water partition coefficient (Wildman–Crippen LogP) is 3.44. The zero-order chi connectivity index (χ0) is 13.4. The first-order valence-corrected chi connectivity index (χ1v) is 7.84. The maximum Gasteiger partial charge on any atom is 0.160 e. The van der Waals surface area contributed by atoms with Crippen LogP contribution in [0.1, 0.15) is 56.3 Å². The highest BCUT2D eigenvalue weighted by atomic mass is 16.5. The van der Waals surface area contributed by atoms with E-state index in [0.717, 1.165) is 37.2 Å². The maximum atomic E-state index is 5.51. The third-order valence-corrected chi connectivity index (χ3v) is 4.75. The van der Waals surface area contributed by atoms with Gasteiger partial charge in [-0.3, -0.25) is 0 Å². The van der Waals surface area contributed by atoms with Crippen molar-refractivity contribution < 1.29 is 4.74 Å². The average Bonchev–Trinajstić information content (AvgIpc) is 3.14. The van der Waals surface area contributed by atoms with Gasteiger partial charge in [-0.15, -0.1) is 0 Å². The van der Waals surface area contributed by atoms with Gasteiger partial charge in [-0.05, 0) is 37.8 Å². The van der Waals surface area contributed by atoms with E-state index in [0.29, 0.717) is 12.0 Å². The minimum atomic E-state index is 0.540. The zero-order valence-corrected chi connectivity index (χ0v) is 11.8. The van der Waals surface area contributed by atoms with Crippen molar-refractivity contribution in [3.8, 4) is 0 Å². The number of nitrogens with zero attached hydrogens (tertiary/aromatic N) is 3. The molecule has 2 aromatic heterocycles. The molecule has 0 radical (unpaired) electrons. The van der Waals surface area contributed by atoms with Gasteiger partial charge in [0.05, 0.1) is 0 Å². The highest BCUT2D eigenvalue weighted by molar-refractivity contribution is 5.71. The van der Waals surface area contributed by atoms with Crippen LogP contribution in [-0.4, -0.2) is 27.7 Å². The molecule has 1 saturated carbocycles. The van der Waals surface area contributed by atoms with Gasteiger partial charge in [-0.25, -0.2) is 9.97 Å². The molecule has 0 unspecified atom stereocenters. The summed E-state index contributed by atoms with van der Waals surface area (Å²) in [5.74, 6) is 1.80. The first-order chi connectivity index (χ1) is 9.93. The first-order valence-electron chi connectivity index (χ1n) is 7.84. The highest BCUT2D eigenvalue weighted by Gasteiger charge is 2.28. The van der Waals surface area contributed by atoms with Crippen molar-refractivity contribution in [1.82, 2.24) is 14.5 Å². The quantitative estimate of drug-likeness (QED) is 0.840. The molecule has 4 rings (SSSR count). The molecule has 0 atom stereocenters. The van der Waals surface area contributed by atoms with Crippen LogP contribution in [0, 0.1) is 0 Å². The van der Waals surface area contributed by atoms with Gasteiger partial charge < -0.3 is 9.30 Å². The summed E-state index contributed by atoms with van der Waals surface area (Å²) < 4.78 is 7.96. The summed E-state index contributed by atoms with van der Waals surface area (Å²) in [5, 5.41) is 0. The van der Waals surface area contributed by atoms with Gasteiger partial charge >= 0.3 is 0 Å². The molecule has 1 saturated heterocycles. The molecule has 20 heavy (non-hydrogen) atoms. The van der Waals surface area contributed by atoms with E-state index in [1.54, 1.807) is 0 Å². The van der Waals surface area contributed by atoms with E-state index in [1.807, 2.05) is 12.3 Å². The molecule has 3 heterocycles. The number of hydrogen-bond donors (Lipinski definition) is 0. The maximum absolute atomic E-state index is 5.51. The number of hydrogen-bond acceptors (Lipinski definition) is 3. The van der Waals surface area contributed by atoms with Crippen LogP contribution in [-0.2, 0) is 4.74 Å². The van der Waals surface area contributed by atoms with Gasteiger partial charge in [0.25, 0.3) is 0 Å². The van der Waals surface area contributed by atoms with Crippen LogP contribution >= 0.6 is 0 Å². The normalized spacial score (nSPS) is 21.8. The van der Waals surface area contributed by atoms with E-state index in [2.05, 4.69) is 15.6 Å². The lowest BCUT2D eigenvalue weighted by molar-refractivity contribution is 0.0826. The molecule has 4 heteroatoms. The summed E-state index contributed by atoms with van der Waals surface area (Å²) >= 11 is 0. The Balaban J connectivity index is 1.82. The minimum absolute atomic E-state index is 0.540. The number of aromatic nitrogens is 3. The Labute approximate surface area is 119 Å². The Kier molecular flexibility index (Phi) is 3.19. The van der Waals surface area contributed by atoms with Crippen molar-refractivity contribution in [3.05, 3.63) is 24.2 Å². The summed E-state index contributed by atoms with van der Waals surface area (Å²) in [6, 6.07) is 4.69. The molecular formula is C16H21N3O. The number of pyridine rings is 1. The third-order valence-electron chi connectivity index (χ3n) is 4.75. The van der Waals surface area contributed by atoms with Crippen LogP contribution in [0.2, 0.25) is 0 Å². The van der Waals surface area contributed by atoms with Crippen LogP contribution in [0.5, 0.6) is 0 Å². The van der Waals surface area contributed by atoms with Crippen molar-refractivity contribution >= 4 is 11.2 Å². The molecule has 4 nitrogen and oxygen atoms in total. The van der Waals surface area contributed by atoms with Crippen LogP contribution in [0.25, 0.3) is 11.2 Å². The van der Waals surface area contributed by atoms with Gasteiger partial charge in [0.1, 0.15) is 11.3 Å². The summed E-state index contributed by atoms with van der Waals surface area (Å²) in [4.78, 5) is 9.54. The van der Waals surface area contributed by atoms with E-state index in [1.165, 1.54) is 31.5 Å². The van der Waals surface area contributed by atoms with Gasteiger partial charge in [-0.2, -0.15) is 0 Å². The first kappa shape index (κ1) is 12.3. The zero-order valence-electron chi connectivity index (χ0n) is 11.8. The molecule has 2 aliphatic rings. The Morgan fingerprint density at radius 3 is 2.70 bits per heavy atom. The standard InChI is InChI=1S/C16H21N3O/c1-2-5-13(4-1)19-15(12-7-10-20-11-8-12)18-14-6-3-9-17-16(14)19/h3,6,9,12-13H,1-2,4-5,7-8,10-11H2. The highest BCUT2D eigenvalue weighted by Crippen LogP contribution is 2.37. The fourth-order valence-electron chi connectivity index (χ4n) is 3.71. The third kappa shape index (κ3) is 2.03. The second kappa shape index (κ2) is 5.17. The van der Waals surface area contributed by atoms with Crippen LogP contribution < -0.4 is 0 Å². The Morgan fingerprint density at radius 1 is 1.10 bits per heavy atom. The monoisotopic (exact) mass is 271 g/mol. The van der Waals surface area contributed by atoms with Crippen molar-refractivity contribution in [2.75, 3.05) is 13.2 Å². The summed E-state index contributed by atoms with van der Waals surface area (Å²) in [6.07, 6.45) is 9.31. The van der Waals surface area contributed by atoms with E-state index in [-0.39, 0.29) is 0 Å². The fraction of sp³-hybridized carbons (Fsp3) is 0.625. The Hall–Kier alpha value is -1.42. The summed E-state index contributed by atoms with van der Waals surface area (Å²) in [6.45, 7) is 1.73. The van der Waals surface area contributed by atoms with E-state index >= 15 is 0 Å². The van der Waals surface area contributed by atoms with Gasteiger partial charge in [-0.1, -0.05) is 12.8 Å². The molecule has 106 valence electrons. The minimum Gasteiger partial charge on any atom is -0.381 e. The van der Waals surface area contributed by atoms with Gasteiger partial charge in [0.2, 0.25) is 0 Å². The SMILES string of the molecule is c1cnc2c(c1)nc(C1CCOCC1)n2C1CCCC1. The average molecular weight is 271 g/mol. The largest absolute Gasteiger partial charge is 0.381 e. The van der Waals surface area contributed by atoms with Crippen molar-refractivity contribution in [1.29, 1.82) is 0 Å². The summed E-state index contributed by atoms with van der Waals surface area (Å²) in [7, 11) is 0. The molecule has 0 aromatic carbocycles. The molecule has 1 aliphatic heterocycles. The second-order valence-electron chi connectivity index (χ2n) is 6.01. The van der Waals surface area contributed by atoms with Crippen molar-refractivity contribution in [2.45, 2.75) is 50.5 Å². The molecule has 0 amide bonds. The van der Waals surface area contributed by atoms with Crippen LogP contribution in [0.3, 0.4) is 0 Å².